The molecule has 108 valence electrons. The van der Waals surface area contributed by atoms with Gasteiger partial charge in [-0.15, -0.1) is 0 Å². The SMILES string of the molecule is CCn1cncc1CNc1cc(C(F)(F)F)ccc1Br. The second-order valence-electron chi connectivity index (χ2n) is 4.22. The summed E-state index contributed by atoms with van der Waals surface area (Å²) in [5.74, 6) is 0. The van der Waals surface area contributed by atoms with Crippen LogP contribution >= 0.6 is 15.9 Å². The first-order valence-corrected chi connectivity index (χ1v) is 6.80. The summed E-state index contributed by atoms with van der Waals surface area (Å²) in [4.78, 5) is 4.02. The highest BCUT2D eigenvalue weighted by molar-refractivity contribution is 9.10. The standard InChI is InChI=1S/C13H13BrF3N3/c1-2-20-8-18-6-10(20)7-19-12-5-9(13(15,16)17)3-4-11(12)14/h3-6,8,19H,2,7H2,1H3. The van der Waals surface area contributed by atoms with Crippen molar-refractivity contribution in [3.05, 3.63) is 46.5 Å². The van der Waals surface area contributed by atoms with E-state index in [4.69, 9.17) is 0 Å². The molecule has 0 saturated carbocycles. The van der Waals surface area contributed by atoms with E-state index in [0.29, 0.717) is 16.7 Å². The van der Waals surface area contributed by atoms with Crippen molar-refractivity contribution < 1.29 is 13.2 Å². The average molecular weight is 348 g/mol. The van der Waals surface area contributed by atoms with Crippen LogP contribution in [0.5, 0.6) is 0 Å². The van der Waals surface area contributed by atoms with Crippen molar-refractivity contribution in [3.63, 3.8) is 0 Å². The summed E-state index contributed by atoms with van der Waals surface area (Å²) >= 11 is 3.24. The van der Waals surface area contributed by atoms with Crippen molar-refractivity contribution in [2.45, 2.75) is 26.2 Å². The first kappa shape index (κ1) is 14.9. The Morgan fingerprint density at radius 3 is 2.75 bits per heavy atom. The maximum absolute atomic E-state index is 12.7. The van der Waals surface area contributed by atoms with Crippen LogP contribution in [-0.4, -0.2) is 9.55 Å². The predicted molar refractivity (Wildman–Crippen MR) is 74.4 cm³/mol. The highest BCUT2D eigenvalue weighted by Crippen LogP contribution is 2.34. The lowest BCUT2D eigenvalue weighted by Gasteiger charge is -2.13. The van der Waals surface area contributed by atoms with Crippen molar-refractivity contribution in [2.24, 2.45) is 0 Å². The molecule has 0 saturated heterocycles. The number of aromatic nitrogens is 2. The lowest BCUT2D eigenvalue weighted by molar-refractivity contribution is -0.137. The molecule has 1 heterocycles. The van der Waals surface area contributed by atoms with E-state index in [1.807, 2.05) is 11.5 Å². The number of alkyl halides is 3. The van der Waals surface area contributed by atoms with Gasteiger partial charge in [-0.1, -0.05) is 0 Å². The monoisotopic (exact) mass is 347 g/mol. The normalized spacial score (nSPS) is 11.7. The summed E-state index contributed by atoms with van der Waals surface area (Å²) in [5, 5.41) is 2.99. The zero-order valence-electron chi connectivity index (χ0n) is 10.7. The number of nitrogens with zero attached hydrogens (tertiary/aromatic N) is 2. The Morgan fingerprint density at radius 2 is 2.10 bits per heavy atom. The number of imidazole rings is 1. The summed E-state index contributed by atoms with van der Waals surface area (Å²) in [6, 6.07) is 3.53. The molecule has 2 rings (SSSR count). The van der Waals surface area contributed by atoms with E-state index < -0.39 is 11.7 Å². The second kappa shape index (κ2) is 5.87. The molecule has 1 aromatic carbocycles. The fourth-order valence-corrected chi connectivity index (χ4v) is 2.19. The van der Waals surface area contributed by atoms with Gasteiger partial charge >= 0.3 is 6.18 Å². The third-order valence-electron chi connectivity index (χ3n) is 2.89. The van der Waals surface area contributed by atoms with Gasteiger partial charge in [0.15, 0.2) is 0 Å². The maximum atomic E-state index is 12.7. The Labute approximate surface area is 123 Å². The Morgan fingerprint density at radius 1 is 1.35 bits per heavy atom. The summed E-state index contributed by atoms with van der Waals surface area (Å²) < 4.78 is 40.5. The van der Waals surface area contributed by atoms with Crippen LogP contribution in [0.1, 0.15) is 18.2 Å². The van der Waals surface area contributed by atoms with E-state index >= 15 is 0 Å². The van der Waals surface area contributed by atoms with Crippen LogP contribution in [0.4, 0.5) is 18.9 Å². The number of anilines is 1. The van der Waals surface area contributed by atoms with E-state index in [-0.39, 0.29) is 0 Å². The molecule has 0 unspecified atom stereocenters. The zero-order valence-corrected chi connectivity index (χ0v) is 12.3. The van der Waals surface area contributed by atoms with E-state index in [1.54, 1.807) is 12.5 Å². The van der Waals surface area contributed by atoms with Gasteiger partial charge < -0.3 is 9.88 Å². The van der Waals surface area contributed by atoms with Crippen LogP contribution < -0.4 is 5.32 Å². The Balaban J connectivity index is 2.17. The molecule has 20 heavy (non-hydrogen) atoms. The number of benzene rings is 1. The molecule has 0 aliphatic rings. The minimum absolute atomic E-state index is 0.406. The number of rotatable bonds is 4. The van der Waals surface area contributed by atoms with E-state index in [0.717, 1.165) is 24.4 Å². The van der Waals surface area contributed by atoms with E-state index in [2.05, 4.69) is 26.2 Å². The minimum Gasteiger partial charge on any atom is -0.378 e. The Hall–Kier alpha value is -1.50. The van der Waals surface area contributed by atoms with Crippen molar-refractivity contribution >= 4 is 21.6 Å². The summed E-state index contributed by atoms with van der Waals surface area (Å²) in [6.45, 7) is 3.15. The van der Waals surface area contributed by atoms with Gasteiger partial charge in [0.1, 0.15) is 0 Å². The van der Waals surface area contributed by atoms with Crippen LogP contribution in [0.25, 0.3) is 0 Å². The Bertz CT molecular complexity index is 593. The molecule has 0 aliphatic heterocycles. The summed E-state index contributed by atoms with van der Waals surface area (Å²) in [6.07, 6.45) is -0.960. The highest BCUT2D eigenvalue weighted by Gasteiger charge is 2.30. The number of hydrogen-bond acceptors (Lipinski definition) is 2. The van der Waals surface area contributed by atoms with Gasteiger partial charge in [-0.05, 0) is 41.1 Å². The van der Waals surface area contributed by atoms with Crippen LogP contribution in [0.3, 0.4) is 0 Å². The van der Waals surface area contributed by atoms with Gasteiger partial charge in [0, 0.05) is 22.9 Å². The third-order valence-corrected chi connectivity index (χ3v) is 3.58. The molecule has 0 radical (unpaired) electrons. The molecule has 0 bridgehead atoms. The molecule has 0 spiro atoms. The minimum atomic E-state index is -4.34. The average Bonchev–Trinajstić information content (AvgIpc) is 2.83. The molecule has 0 aliphatic carbocycles. The van der Waals surface area contributed by atoms with E-state index in [9.17, 15) is 13.2 Å². The second-order valence-corrected chi connectivity index (χ2v) is 5.07. The highest BCUT2D eigenvalue weighted by atomic mass is 79.9. The van der Waals surface area contributed by atoms with Crippen molar-refractivity contribution in [3.8, 4) is 0 Å². The fourth-order valence-electron chi connectivity index (χ4n) is 1.80. The smallest absolute Gasteiger partial charge is 0.378 e. The maximum Gasteiger partial charge on any atom is 0.416 e. The first-order chi connectivity index (χ1) is 9.41. The van der Waals surface area contributed by atoms with Crippen LogP contribution in [0.15, 0.2) is 35.2 Å². The van der Waals surface area contributed by atoms with Crippen molar-refractivity contribution in [2.75, 3.05) is 5.32 Å². The predicted octanol–water partition coefficient (Wildman–Crippen LogP) is 4.30. The molecule has 7 heteroatoms. The van der Waals surface area contributed by atoms with E-state index in [1.165, 1.54) is 6.07 Å². The molecule has 0 atom stereocenters. The summed E-state index contributed by atoms with van der Waals surface area (Å²) in [5.41, 5.74) is 0.646. The quantitative estimate of drug-likeness (QED) is 0.893. The van der Waals surface area contributed by atoms with Gasteiger partial charge in [-0.3, -0.25) is 0 Å². The van der Waals surface area contributed by atoms with Gasteiger partial charge in [0.2, 0.25) is 0 Å². The molecular formula is C13H13BrF3N3. The number of halogens is 4. The lowest BCUT2D eigenvalue weighted by atomic mass is 10.2. The molecule has 3 nitrogen and oxygen atoms in total. The van der Waals surface area contributed by atoms with Crippen LogP contribution in [0, 0.1) is 0 Å². The lowest BCUT2D eigenvalue weighted by Crippen LogP contribution is -2.09. The van der Waals surface area contributed by atoms with Gasteiger partial charge in [-0.25, -0.2) is 4.98 Å². The van der Waals surface area contributed by atoms with Gasteiger partial charge in [0.05, 0.1) is 24.1 Å². The number of hydrogen-bond donors (Lipinski definition) is 1. The van der Waals surface area contributed by atoms with Gasteiger partial charge in [0.25, 0.3) is 0 Å². The largest absolute Gasteiger partial charge is 0.416 e. The zero-order chi connectivity index (χ0) is 14.8. The first-order valence-electron chi connectivity index (χ1n) is 6.01. The molecular weight excluding hydrogens is 335 g/mol. The Kier molecular flexibility index (Phi) is 4.37. The van der Waals surface area contributed by atoms with Crippen LogP contribution in [-0.2, 0) is 19.3 Å². The van der Waals surface area contributed by atoms with Crippen molar-refractivity contribution in [1.82, 2.24) is 9.55 Å². The molecule has 2 aromatic rings. The summed E-state index contributed by atoms with van der Waals surface area (Å²) in [7, 11) is 0. The van der Waals surface area contributed by atoms with Crippen molar-refractivity contribution in [1.29, 1.82) is 0 Å². The molecule has 0 amide bonds. The molecule has 1 aromatic heterocycles. The topological polar surface area (TPSA) is 29.9 Å². The number of nitrogens with one attached hydrogen (secondary N) is 1. The molecule has 0 fully saturated rings. The fraction of sp³-hybridized carbons (Fsp3) is 0.308. The van der Waals surface area contributed by atoms with Gasteiger partial charge in [-0.2, -0.15) is 13.2 Å². The molecule has 1 N–H and O–H groups in total. The third kappa shape index (κ3) is 3.33. The van der Waals surface area contributed by atoms with Crippen LogP contribution in [0.2, 0.25) is 0 Å². The number of aryl methyl sites for hydroxylation is 1.